The molecule has 2 atom stereocenters. The van der Waals surface area contributed by atoms with Crippen molar-refractivity contribution < 1.29 is 14.3 Å². The van der Waals surface area contributed by atoms with Crippen LogP contribution in [0, 0.1) is 0 Å². The summed E-state index contributed by atoms with van der Waals surface area (Å²) >= 11 is 0. The van der Waals surface area contributed by atoms with Gasteiger partial charge in [-0.25, -0.2) is 0 Å². The van der Waals surface area contributed by atoms with Crippen molar-refractivity contribution in [3.8, 4) is 0 Å². The zero-order valence-corrected chi connectivity index (χ0v) is 12.2. The van der Waals surface area contributed by atoms with Gasteiger partial charge in [0, 0.05) is 6.54 Å². The van der Waals surface area contributed by atoms with Gasteiger partial charge in [0.05, 0.1) is 13.2 Å². The van der Waals surface area contributed by atoms with Gasteiger partial charge in [-0.15, -0.1) is 0 Å². The first kappa shape index (κ1) is 14.1. The lowest BCUT2D eigenvalue weighted by Crippen LogP contribution is -2.68. The molecule has 0 aromatic heterocycles. The summed E-state index contributed by atoms with van der Waals surface area (Å²) < 4.78 is 5.60. The fourth-order valence-electron chi connectivity index (χ4n) is 3.10. The summed E-state index contributed by atoms with van der Waals surface area (Å²) in [6.45, 7) is 3.16. The van der Waals surface area contributed by atoms with Crippen molar-refractivity contribution in [2.24, 2.45) is 0 Å². The molecule has 3 rings (SSSR count). The average molecular weight is 288 g/mol. The quantitative estimate of drug-likeness (QED) is 0.902. The van der Waals surface area contributed by atoms with Crippen LogP contribution in [0.15, 0.2) is 30.3 Å². The van der Waals surface area contributed by atoms with E-state index in [2.05, 4.69) is 5.32 Å². The fraction of sp³-hybridized carbons (Fsp3) is 0.500. The molecule has 2 aliphatic heterocycles. The number of nitrogens with one attached hydrogen (secondary N) is 1. The summed E-state index contributed by atoms with van der Waals surface area (Å²) in [4.78, 5) is 26.4. The minimum absolute atomic E-state index is 0.0253. The Hall–Kier alpha value is -1.88. The summed E-state index contributed by atoms with van der Waals surface area (Å²) in [5.41, 5.74) is 0.394. The summed E-state index contributed by atoms with van der Waals surface area (Å²) in [6, 6.07) is 9.22. The Morgan fingerprint density at radius 2 is 2.10 bits per heavy atom. The first-order chi connectivity index (χ1) is 10.1. The lowest BCUT2D eigenvalue weighted by atomic mass is 9.94. The van der Waals surface area contributed by atoms with Gasteiger partial charge in [0.1, 0.15) is 11.6 Å². The smallest absolute Gasteiger partial charge is 0.248 e. The first-order valence-electron chi connectivity index (χ1n) is 7.35. The minimum Gasteiger partial charge on any atom is -0.374 e. The first-order valence-corrected chi connectivity index (χ1v) is 7.35. The van der Waals surface area contributed by atoms with E-state index in [1.807, 2.05) is 37.3 Å². The van der Waals surface area contributed by atoms with Crippen molar-refractivity contribution in [2.45, 2.75) is 38.0 Å². The summed E-state index contributed by atoms with van der Waals surface area (Å²) in [5.74, 6) is -0.0874. The Morgan fingerprint density at radius 3 is 2.86 bits per heavy atom. The summed E-state index contributed by atoms with van der Waals surface area (Å²) in [6.07, 6.45) is 1.62. The van der Waals surface area contributed by atoms with Crippen LogP contribution in [0.3, 0.4) is 0 Å². The second-order valence-corrected chi connectivity index (χ2v) is 5.89. The van der Waals surface area contributed by atoms with E-state index < -0.39 is 11.6 Å². The second kappa shape index (κ2) is 5.48. The Labute approximate surface area is 124 Å². The number of carbonyl (C=O) groups is 2. The predicted octanol–water partition coefficient (Wildman–Crippen LogP) is 1.08. The molecule has 5 heteroatoms. The highest BCUT2D eigenvalue weighted by molar-refractivity contribution is 6.00. The number of amides is 2. The van der Waals surface area contributed by atoms with Crippen LogP contribution >= 0.6 is 0 Å². The number of ether oxygens (including phenoxy) is 1. The molecule has 1 aromatic carbocycles. The Kier molecular flexibility index (Phi) is 3.68. The van der Waals surface area contributed by atoms with Crippen molar-refractivity contribution >= 4 is 11.8 Å². The van der Waals surface area contributed by atoms with Crippen LogP contribution in [0.25, 0.3) is 0 Å². The third-order valence-electron chi connectivity index (χ3n) is 4.40. The number of piperazine rings is 1. The molecule has 0 unspecified atom stereocenters. The van der Waals surface area contributed by atoms with Crippen LogP contribution in [0.1, 0.15) is 25.3 Å². The van der Waals surface area contributed by atoms with Crippen LogP contribution in [-0.2, 0) is 20.9 Å². The molecule has 2 aliphatic rings. The molecule has 1 N–H and O–H groups in total. The van der Waals surface area contributed by atoms with Gasteiger partial charge in [0.2, 0.25) is 11.8 Å². The number of hydrogen-bond acceptors (Lipinski definition) is 3. The molecule has 0 spiro atoms. The number of fused-ring (bicyclic) bond motifs is 1. The van der Waals surface area contributed by atoms with Gasteiger partial charge >= 0.3 is 0 Å². The topological polar surface area (TPSA) is 58.6 Å². The van der Waals surface area contributed by atoms with Gasteiger partial charge in [-0.1, -0.05) is 30.3 Å². The zero-order chi connectivity index (χ0) is 14.9. The van der Waals surface area contributed by atoms with Gasteiger partial charge in [-0.2, -0.15) is 0 Å². The zero-order valence-electron chi connectivity index (χ0n) is 12.2. The number of nitrogens with zero attached hydrogens (tertiary/aromatic N) is 1. The molecule has 2 saturated heterocycles. The van der Waals surface area contributed by atoms with E-state index >= 15 is 0 Å². The normalized spacial score (nSPS) is 28.4. The lowest BCUT2D eigenvalue weighted by Gasteiger charge is -2.41. The van der Waals surface area contributed by atoms with Crippen molar-refractivity contribution in [3.63, 3.8) is 0 Å². The third-order valence-corrected chi connectivity index (χ3v) is 4.40. The van der Waals surface area contributed by atoms with Gasteiger partial charge in [-0.05, 0) is 25.3 Å². The maximum absolute atomic E-state index is 12.4. The maximum atomic E-state index is 12.4. The monoisotopic (exact) mass is 288 g/mol. The van der Waals surface area contributed by atoms with Crippen LogP contribution in [0.2, 0.25) is 0 Å². The van der Waals surface area contributed by atoms with Crippen molar-refractivity contribution in [1.82, 2.24) is 10.2 Å². The van der Waals surface area contributed by atoms with E-state index in [1.54, 1.807) is 4.90 Å². The van der Waals surface area contributed by atoms with E-state index in [-0.39, 0.29) is 18.4 Å². The summed E-state index contributed by atoms with van der Waals surface area (Å²) in [7, 11) is 0. The molecule has 2 fully saturated rings. The molecule has 2 amide bonds. The van der Waals surface area contributed by atoms with E-state index in [1.165, 1.54) is 0 Å². The molecule has 21 heavy (non-hydrogen) atoms. The lowest BCUT2D eigenvalue weighted by molar-refractivity contribution is -0.155. The van der Waals surface area contributed by atoms with Gasteiger partial charge in [-0.3, -0.25) is 9.59 Å². The standard InChI is InChI=1S/C16H20N2O3/c1-16-8-5-9-18(16)14(19)13(17-15(16)20)11-21-10-12-6-3-2-4-7-12/h2-4,6-7,13H,5,8-11H2,1H3,(H,17,20)/t13-,16-/m0/s1. The van der Waals surface area contributed by atoms with Crippen LogP contribution in [0.5, 0.6) is 0 Å². The molecule has 0 aliphatic carbocycles. The van der Waals surface area contributed by atoms with E-state index in [0.717, 1.165) is 18.4 Å². The fourth-order valence-corrected chi connectivity index (χ4v) is 3.10. The number of carbonyl (C=O) groups excluding carboxylic acids is 2. The van der Waals surface area contributed by atoms with Crippen molar-refractivity contribution in [3.05, 3.63) is 35.9 Å². The van der Waals surface area contributed by atoms with Gasteiger partial charge in [0.25, 0.3) is 0 Å². The van der Waals surface area contributed by atoms with E-state index in [0.29, 0.717) is 13.2 Å². The highest BCUT2D eigenvalue weighted by atomic mass is 16.5. The Morgan fingerprint density at radius 1 is 1.33 bits per heavy atom. The van der Waals surface area contributed by atoms with Crippen molar-refractivity contribution in [1.29, 1.82) is 0 Å². The largest absolute Gasteiger partial charge is 0.374 e. The minimum atomic E-state index is -0.660. The van der Waals surface area contributed by atoms with Crippen molar-refractivity contribution in [2.75, 3.05) is 13.2 Å². The van der Waals surface area contributed by atoms with Crippen LogP contribution < -0.4 is 5.32 Å². The molecule has 0 saturated carbocycles. The Balaban J connectivity index is 1.59. The number of rotatable bonds is 4. The molecule has 5 nitrogen and oxygen atoms in total. The maximum Gasteiger partial charge on any atom is 0.248 e. The molecule has 1 aromatic rings. The third kappa shape index (κ3) is 2.53. The highest BCUT2D eigenvalue weighted by Crippen LogP contribution is 2.32. The molecule has 0 bridgehead atoms. The number of benzene rings is 1. The molecule has 0 radical (unpaired) electrons. The molecule has 2 heterocycles. The SMILES string of the molecule is C[C@@]12CCCN1C(=O)[C@H](COCc1ccccc1)NC2=O. The molecular formula is C16H20N2O3. The van der Waals surface area contributed by atoms with Crippen LogP contribution in [-0.4, -0.2) is 41.4 Å². The highest BCUT2D eigenvalue weighted by Gasteiger charge is 2.51. The van der Waals surface area contributed by atoms with E-state index in [4.69, 9.17) is 4.74 Å². The molecule has 112 valence electrons. The van der Waals surface area contributed by atoms with Gasteiger partial charge in [0.15, 0.2) is 0 Å². The summed E-state index contributed by atoms with van der Waals surface area (Å²) in [5, 5.41) is 2.81. The second-order valence-electron chi connectivity index (χ2n) is 5.89. The van der Waals surface area contributed by atoms with E-state index in [9.17, 15) is 9.59 Å². The molecular weight excluding hydrogens is 268 g/mol. The predicted molar refractivity (Wildman–Crippen MR) is 77.4 cm³/mol. The number of hydrogen-bond donors (Lipinski definition) is 1. The Bertz CT molecular complexity index is 546. The van der Waals surface area contributed by atoms with Gasteiger partial charge < -0.3 is 15.0 Å². The average Bonchev–Trinajstić information content (AvgIpc) is 2.89. The van der Waals surface area contributed by atoms with Crippen LogP contribution in [0.4, 0.5) is 0 Å².